The van der Waals surface area contributed by atoms with Crippen molar-refractivity contribution in [1.29, 1.82) is 0 Å². The van der Waals surface area contributed by atoms with Crippen LogP contribution in [0.3, 0.4) is 0 Å². The highest BCUT2D eigenvalue weighted by Gasteiger charge is 2.18. The van der Waals surface area contributed by atoms with Crippen LogP contribution in [-0.2, 0) is 6.54 Å². The largest absolute Gasteiger partial charge is 0.391 e. The average Bonchev–Trinajstić information content (AvgIpc) is 3.01. The fourth-order valence-corrected chi connectivity index (χ4v) is 2.48. The first-order valence-electron chi connectivity index (χ1n) is 6.80. The molecular weight excluding hydrogens is 290 g/mol. The minimum atomic E-state index is -0.450. The standard InChI is InChI=1S/C14H16ClN5O/c1-3-11(21)7-20-14(16-8-17-20)13-9(2)18-12-5-4-10(15)6-19(12)13/h4-6,8,11,21H,3,7H2,1-2H3/t11-/m0/s1. The number of aliphatic hydroxyl groups excluding tert-OH is 1. The third-order valence-corrected chi connectivity index (χ3v) is 3.66. The van der Waals surface area contributed by atoms with Crippen LogP contribution in [0.15, 0.2) is 24.7 Å². The number of hydrogen-bond acceptors (Lipinski definition) is 4. The summed E-state index contributed by atoms with van der Waals surface area (Å²) in [5, 5.41) is 14.7. The van der Waals surface area contributed by atoms with E-state index in [-0.39, 0.29) is 0 Å². The number of imidazole rings is 1. The highest BCUT2D eigenvalue weighted by molar-refractivity contribution is 6.30. The molecule has 0 amide bonds. The predicted octanol–water partition coefficient (Wildman–Crippen LogP) is 2.33. The van der Waals surface area contributed by atoms with Gasteiger partial charge in [-0.1, -0.05) is 18.5 Å². The van der Waals surface area contributed by atoms with Crippen molar-refractivity contribution in [3.63, 3.8) is 0 Å². The van der Waals surface area contributed by atoms with Crippen LogP contribution in [0.25, 0.3) is 17.2 Å². The topological polar surface area (TPSA) is 68.2 Å². The van der Waals surface area contributed by atoms with Crippen LogP contribution in [0.1, 0.15) is 19.0 Å². The second-order valence-corrected chi connectivity index (χ2v) is 5.39. The van der Waals surface area contributed by atoms with E-state index in [1.54, 1.807) is 10.7 Å². The van der Waals surface area contributed by atoms with E-state index in [1.807, 2.05) is 30.5 Å². The van der Waals surface area contributed by atoms with Crippen molar-refractivity contribution < 1.29 is 5.11 Å². The maximum absolute atomic E-state index is 9.85. The van der Waals surface area contributed by atoms with Crippen LogP contribution in [0.2, 0.25) is 5.02 Å². The molecule has 0 unspecified atom stereocenters. The number of aromatic nitrogens is 5. The molecular formula is C14H16ClN5O. The first kappa shape index (κ1) is 14.0. The third-order valence-electron chi connectivity index (χ3n) is 3.44. The number of aliphatic hydroxyl groups is 1. The molecule has 1 N–H and O–H groups in total. The van der Waals surface area contributed by atoms with Gasteiger partial charge in [0.1, 0.15) is 17.7 Å². The molecule has 0 bridgehead atoms. The quantitative estimate of drug-likeness (QED) is 0.803. The van der Waals surface area contributed by atoms with Crippen molar-refractivity contribution >= 4 is 17.2 Å². The van der Waals surface area contributed by atoms with Crippen molar-refractivity contribution in [3.8, 4) is 11.5 Å². The zero-order valence-electron chi connectivity index (χ0n) is 11.9. The molecule has 3 aromatic heterocycles. The monoisotopic (exact) mass is 305 g/mol. The molecule has 110 valence electrons. The van der Waals surface area contributed by atoms with Crippen molar-refractivity contribution in [1.82, 2.24) is 24.1 Å². The van der Waals surface area contributed by atoms with E-state index >= 15 is 0 Å². The molecule has 6 nitrogen and oxygen atoms in total. The van der Waals surface area contributed by atoms with Gasteiger partial charge in [-0.05, 0) is 25.5 Å². The predicted molar refractivity (Wildman–Crippen MR) is 80.3 cm³/mol. The number of halogens is 1. The Bertz CT molecular complexity index is 779. The molecule has 0 spiro atoms. The van der Waals surface area contributed by atoms with Gasteiger partial charge >= 0.3 is 0 Å². The molecule has 0 saturated heterocycles. The zero-order chi connectivity index (χ0) is 15.0. The second kappa shape index (κ2) is 5.46. The molecule has 0 aliphatic heterocycles. The first-order chi connectivity index (χ1) is 10.1. The lowest BCUT2D eigenvalue weighted by atomic mass is 10.2. The Hall–Kier alpha value is -1.92. The molecule has 3 aromatic rings. The zero-order valence-corrected chi connectivity index (χ0v) is 12.6. The molecule has 0 radical (unpaired) electrons. The van der Waals surface area contributed by atoms with Crippen molar-refractivity contribution in [2.75, 3.05) is 0 Å². The minimum absolute atomic E-state index is 0.402. The molecule has 0 aromatic carbocycles. The van der Waals surface area contributed by atoms with Gasteiger partial charge in [0, 0.05) is 6.20 Å². The molecule has 0 aliphatic carbocycles. The van der Waals surface area contributed by atoms with Gasteiger partial charge < -0.3 is 5.11 Å². The van der Waals surface area contributed by atoms with Gasteiger partial charge in [0.25, 0.3) is 0 Å². The summed E-state index contributed by atoms with van der Waals surface area (Å²) >= 11 is 6.08. The fraction of sp³-hybridized carbons (Fsp3) is 0.357. The van der Waals surface area contributed by atoms with Gasteiger partial charge in [-0.15, -0.1) is 0 Å². The Morgan fingerprint density at radius 1 is 1.38 bits per heavy atom. The Kier molecular flexibility index (Phi) is 3.65. The van der Waals surface area contributed by atoms with Crippen LogP contribution in [0.5, 0.6) is 0 Å². The summed E-state index contributed by atoms with van der Waals surface area (Å²) in [4.78, 5) is 8.83. The van der Waals surface area contributed by atoms with Gasteiger partial charge in [0.2, 0.25) is 0 Å². The Morgan fingerprint density at radius 3 is 2.95 bits per heavy atom. The summed E-state index contributed by atoms with van der Waals surface area (Å²) in [6.45, 7) is 4.26. The summed E-state index contributed by atoms with van der Waals surface area (Å²) < 4.78 is 3.60. The SMILES string of the molecule is CC[C@H](O)Cn1ncnc1-c1c(C)nc2ccc(Cl)cn12. The lowest BCUT2D eigenvalue weighted by Gasteiger charge is -2.10. The minimum Gasteiger partial charge on any atom is -0.391 e. The van der Waals surface area contributed by atoms with Crippen LogP contribution in [0.4, 0.5) is 0 Å². The van der Waals surface area contributed by atoms with Gasteiger partial charge in [-0.3, -0.25) is 4.40 Å². The fourth-order valence-electron chi connectivity index (χ4n) is 2.32. The Labute approximate surface area is 127 Å². The maximum Gasteiger partial charge on any atom is 0.177 e. The number of hydrogen-bond donors (Lipinski definition) is 1. The molecule has 3 heterocycles. The highest BCUT2D eigenvalue weighted by atomic mass is 35.5. The van der Waals surface area contributed by atoms with Crippen LogP contribution >= 0.6 is 11.6 Å². The Morgan fingerprint density at radius 2 is 2.19 bits per heavy atom. The Balaban J connectivity index is 2.15. The number of pyridine rings is 1. The van der Waals surface area contributed by atoms with Crippen LogP contribution < -0.4 is 0 Å². The van der Waals surface area contributed by atoms with Gasteiger partial charge in [0.05, 0.1) is 23.4 Å². The number of rotatable bonds is 4. The second-order valence-electron chi connectivity index (χ2n) is 4.95. The lowest BCUT2D eigenvalue weighted by Crippen LogP contribution is -2.17. The lowest BCUT2D eigenvalue weighted by molar-refractivity contribution is 0.145. The molecule has 0 saturated carbocycles. The van der Waals surface area contributed by atoms with Crippen molar-refractivity contribution in [2.24, 2.45) is 0 Å². The van der Waals surface area contributed by atoms with Gasteiger partial charge in [-0.2, -0.15) is 5.10 Å². The van der Waals surface area contributed by atoms with E-state index in [0.717, 1.165) is 17.0 Å². The van der Waals surface area contributed by atoms with E-state index in [9.17, 15) is 5.11 Å². The molecule has 3 rings (SSSR count). The number of aryl methyl sites for hydroxylation is 1. The molecule has 0 aliphatic rings. The molecule has 1 atom stereocenters. The third kappa shape index (κ3) is 2.52. The van der Waals surface area contributed by atoms with Crippen molar-refractivity contribution in [3.05, 3.63) is 35.4 Å². The van der Waals surface area contributed by atoms with E-state index in [4.69, 9.17) is 11.6 Å². The normalized spacial score (nSPS) is 13.0. The number of nitrogens with zero attached hydrogens (tertiary/aromatic N) is 5. The summed E-state index contributed by atoms with van der Waals surface area (Å²) in [6.07, 6.45) is 3.51. The average molecular weight is 306 g/mol. The smallest absolute Gasteiger partial charge is 0.177 e. The van der Waals surface area contributed by atoms with Crippen LogP contribution in [0, 0.1) is 6.92 Å². The highest BCUT2D eigenvalue weighted by Crippen LogP contribution is 2.24. The summed E-state index contributed by atoms with van der Waals surface area (Å²) in [5.41, 5.74) is 2.49. The molecule has 7 heteroatoms. The van der Waals surface area contributed by atoms with E-state index in [2.05, 4.69) is 15.1 Å². The van der Waals surface area contributed by atoms with Crippen molar-refractivity contribution in [2.45, 2.75) is 32.9 Å². The van der Waals surface area contributed by atoms with Gasteiger partial charge in [-0.25, -0.2) is 14.6 Å². The van der Waals surface area contributed by atoms with E-state index < -0.39 is 6.10 Å². The summed E-state index contributed by atoms with van der Waals surface area (Å²) in [7, 11) is 0. The maximum atomic E-state index is 9.85. The van der Waals surface area contributed by atoms with E-state index in [1.165, 1.54) is 6.33 Å². The molecule has 0 fully saturated rings. The first-order valence-corrected chi connectivity index (χ1v) is 7.18. The van der Waals surface area contributed by atoms with E-state index in [0.29, 0.717) is 23.8 Å². The van der Waals surface area contributed by atoms with Crippen LogP contribution in [-0.4, -0.2) is 35.4 Å². The molecule has 21 heavy (non-hydrogen) atoms. The summed E-state index contributed by atoms with van der Waals surface area (Å²) in [6, 6.07) is 3.67. The van der Waals surface area contributed by atoms with Gasteiger partial charge in [0.15, 0.2) is 5.82 Å². The summed E-state index contributed by atoms with van der Waals surface area (Å²) in [5.74, 6) is 0.676. The number of fused-ring (bicyclic) bond motifs is 1.